The Morgan fingerprint density at radius 1 is 1.55 bits per heavy atom. The largest absolute Gasteiger partial charge is 0.365 e. The van der Waals surface area contributed by atoms with Crippen LogP contribution in [-0.4, -0.2) is 73.2 Å². The molecule has 1 aliphatic rings. The first-order chi connectivity index (χ1) is 10.6. The summed E-state index contributed by atoms with van der Waals surface area (Å²) in [6.45, 7) is 1.56. The van der Waals surface area contributed by atoms with Gasteiger partial charge in [0.15, 0.2) is 0 Å². The topological polar surface area (TPSA) is 74.8 Å². The van der Waals surface area contributed by atoms with Gasteiger partial charge in [0.2, 0.25) is 5.91 Å². The van der Waals surface area contributed by atoms with Gasteiger partial charge >= 0.3 is 6.03 Å². The molecule has 0 radical (unpaired) electrons. The number of hydrogen-bond donors (Lipinski definition) is 1. The van der Waals surface area contributed by atoms with E-state index in [0.717, 1.165) is 5.69 Å². The standard InChI is InChI=1S/C15H22N4O3/c1-18(8-6-12-5-3-4-7-16-12)15(21)17-9-13-10-19(2)14(20)11-22-13/h3-5,7,13H,6,8-11H2,1-2H3,(H,17,21)/t13-/m0/s1. The van der Waals surface area contributed by atoms with E-state index < -0.39 is 0 Å². The number of carbonyl (C=O) groups is 2. The quantitative estimate of drug-likeness (QED) is 0.838. The first-order valence-corrected chi connectivity index (χ1v) is 7.30. The summed E-state index contributed by atoms with van der Waals surface area (Å²) in [4.78, 5) is 30.8. The molecular formula is C15H22N4O3. The van der Waals surface area contributed by atoms with E-state index in [2.05, 4.69) is 10.3 Å². The Morgan fingerprint density at radius 2 is 2.36 bits per heavy atom. The van der Waals surface area contributed by atoms with Crippen LogP contribution in [0.15, 0.2) is 24.4 Å². The maximum atomic E-state index is 12.0. The first-order valence-electron chi connectivity index (χ1n) is 7.30. The summed E-state index contributed by atoms with van der Waals surface area (Å²) in [6, 6.07) is 5.58. The molecule has 7 heteroatoms. The fourth-order valence-electron chi connectivity index (χ4n) is 2.15. The van der Waals surface area contributed by atoms with Crippen LogP contribution in [0.25, 0.3) is 0 Å². The van der Waals surface area contributed by atoms with Gasteiger partial charge in [-0.3, -0.25) is 9.78 Å². The van der Waals surface area contributed by atoms with Crippen LogP contribution in [0.3, 0.4) is 0 Å². The second-order valence-corrected chi connectivity index (χ2v) is 5.39. The van der Waals surface area contributed by atoms with Crippen LogP contribution in [0.2, 0.25) is 0 Å². The van der Waals surface area contributed by atoms with Gasteiger partial charge in [0.1, 0.15) is 6.61 Å². The van der Waals surface area contributed by atoms with E-state index in [1.807, 2.05) is 18.2 Å². The number of hydrogen-bond acceptors (Lipinski definition) is 4. The molecule has 0 aliphatic carbocycles. The van der Waals surface area contributed by atoms with Crippen LogP contribution in [0.4, 0.5) is 4.79 Å². The van der Waals surface area contributed by atoms with Gasteiger partial charge in [0.25, 0.3) is 0 Å². The maximum absolute atomic E-state index is 12.0. The van der Waals surface area contributed by atoms with Crippen LogP contribution in [-0.2, 0) is 16.0 Å². The molecule has 0 spiro atoms. The van der Waals surface area contributed by atoms with Crippen molar-refractivity contribution in [1.82, 2.24) is 20.1 Å². The Kier molecular flexibility index (Phi) is 5.71. The predicted octanol–water partition coefficient (Wildman–Crippen LogP) is 0.123. The lowest BCUT2D eigenvalue weighted by molar-refractivity contribution is -0.146. The highest BCUT2D eigenvalue weighted by Crippen LogP contribution is 2.03. The van der Waals surface area contributed by atoms with E-state index in [1.165, 1.54) is 0 Å². The molecule has 0 bridgehead atoms. The summed E-state index contributed by atoms with van der Waals surface area (Å²) in [5.74, 6) is -0.0324. The normalized spacial score (nSPS) is 18.2. The van der Waals surface area contributed by atoms with Crippen molar-refractivity contribution in [2.24, 2.45) is 0 Å². The lowest BCUT2D eigenvalue weighted by Crippen LogP contribution is -2.50. The molecule has 22 heavy (non-hydrogen) atoms. The molecular weight excluding hydrogens is 284 g/mol. The highest BCUT2D eigenvalue weighted by Gasteiger charge is 2.24. The summed E-state index contributed by atoms with van der Waals surface area (Å²) >= 11 is 0. The Hall–Kier alpha value is -2.15. The van der Waals surface area contributed by atoms with E-state index in [0.29, 0.717) is 26.1 Å². The molecule has 1 saturated heterocycles. The van der Waals surface area contributed by atoms with Gasteiger partial charge in [-0.25, -0.2) is 4.79 Å². The average molecular weight is 306 g/mol. The second kappa shape index (κ2) is 7.74. The van der Waals surface area contributed by atoms with Crippen LogP contribution < -0.4 is 5.32 Å². The van der Waals surface area contributed by atoms with Gasteiger partial charge in [-0.1, -0.05) is 6.07 Å². The zero-order valence-corrected chi connectivity index (χ0v) is 13.0. The Bertz CT molecular complexity index is 509. The second-order valence-electron chi connectivity index (χ2n) is 5.39. The number of aromatic nitrogens is 1. The maximum Gasteiger partial charge on any atom is 0.317 e. The van der Waals surface area contributed by atoms with E-state index in [4.69, 9.17) is 4.74 Å². The van der Waals surface area contributed by atoms with Gasteiger partial charge in [0, 0.05) is 52.0 Å². The van der Waals surface area contributed by atoms with Crippen molar-refractivity contribution >= 4 is 11.9 Å². The number of rotatable bonds is 5. The molecule has 3 amide bonds. The van der Waals surface area contributed by atoms with E-state index >= 15 is 0 Å². The average Bonchev–Trinajstić information content (AvgIpc) is 2.54. The molecule has 1 aromatic rings. The molecule has 0 aromatic carbocycles. The molecule has 1 atom stereocenters. The monoisotopic (exact) mass is 306 g/mol. The third-order valence-electron chi connectivity index (χ3n) is 3.60. The number of carbonyl (C=O) groups excluding carboxylic acids is 2. The zero-order valence-electron chi connectivity index (χ0n) is 13.0. The molecule has 120 valence electrons. The highest BCUT2D eigenvalue weighted by atomic mass is 16.5. The minimum absolute atomic E-state index is 0.0324. The molecule has 7 nitrogen and oxygen atoms in total. The highest BCUT2D eigenvalue weighted by molar-refractivity contribution is 5.78. The summed E-state index contributed by atoms with van der Waals surface area (Å²) in [5.41, 5.74) is 0.956. The SMILES string of the molecule is CN1C[C@H](CNC(=O)N(C)CCc2ccccn2)OCC1=O. The van der Waals surface area contributed by atoms with Crippen molar-refractivity contribution in [1.29, 1.82) is 0 Å². The summed E-state index contributed by atoms with van der Waals surface area (Å²) in [5, 5.41) is 2.83. The number of amides is 3. The van der Waals surface area contributed by atoms with Gasteiger partial charge in [0.05, 0.1) is 6.10 Å². The van der Waals surface area contributed by atoms with Gasteiger partial charge in [-0.2, -0.15) is 0 Å². The van der Waals surface area contributed by atoms with Crippen molar-refractivity contribution in [3.05, 3.63) is 30.1 Å². The van der Waals surface area contributed by atoms with Crippen molar-refractivity contribution in [2.45, 2.75) is 12.5 Å². The minimum Gasteiger partial charge on any atom is -0.365 e. The fourth-order valence-corrected chi connectivity index (χ4v) is 2.15. The molecule has 1 fully saturated rings. The van der Waals surface area contributed by atoms with Gasteiger partial charge in [-0.15, -0.1) is 0 Å². The summed E-state index contributed by atoms with van der Waals surface area (Å²) in [6.07, 6.45) is 2.30. The number of likely N-dealkylation sites (N-methyl/N-ethyl adjacent to an activating group) is 2. The number of urea groups is 1. The van der Waals surface area contributed by atoms with E-state index in [1.54, 1.807) is 30.1 Å². The summed E-state index contributed by atoms with van der Waals surface area (Å²) < 4.78 is 5.39. The van der Waals surface area contributed by atoms with Crippen molar-refractivity contribution < 1.29 is 14.3 Å². The smallest absolute Gasteiger partial charge is 0.317 e. The molecule has 2 heterocycles. The number of pyridine rings is 1. The Balaban J connectivity index is 1.69. The van der Waals surface area contributed by atoms with E-state index in [9.17, 15) is 9.59 Å². The third-order valence-corrected chi connectivity index (χ3v) is 3.60. The lowest BCUT2D eigenvalue weighted by Gasteiger charge is -2.30. The van der Waals surface area contributed by atoms with Crippen molar-refractivity contribution in [3.63, 3.8) is 0 Å². The van der Waals surface area contributed by atoms with Crippen molar-refractivity contribution in [3.8, 4) is 0 Å². The summed E-state index contributed by atoms with van der Waals surface area (Å²) in [7, 11) is 3.48. The molecule has 1 aromatic heterocycles. The molecule has 2 rings (SSSR count). The molecule has 1 N–H and O–H groups in total. The third kappa shape index (κ3) is 4.70. The van der Waals surface area contributed by atoms with Gasteiger partial charge < -0.3 is 19.9 Å². The Labute approximate surface area is 130 Å². The number of nitrogens with zero attached hydrogens (tertiary/aromatic N) is 3. The minimum atomic E-state index is -0.157. The number of nitrogens with one attached hydrogen (secondary N) is 1. The van der Waals surface area contributed by atoms with E-state index in [-0.39, 0.29) is 24.6 Å². The predicted molar refractivity (Wildman–Crippen MR) is 81.3 cm³/mol. The molecule has 0 saturated carbocycles. The lowest BCUT2D eigenvalue weighted by atomic mass is 10.2. The van der Waals surface area contributed by atoms with Gasteiger partial charge in [-0.05, 0) is 12.1 Å². The first kappa shape index (κ1) is 16.2. The zero-order chi connectivity index (χ0) is 15.9. The van der Waals surface area contributed by atoms with Crippen LogP contribution in [0.5, 0.6) is 0 Å². The molecule has 0 unspecified atom stereocenters. The fraction of sp³-hybridized carbons (Fsp3) is 0.533. The number of ether oxygens (including phenoxy) is 1. The van der Waals surface area contributed by atoms with Crippen molar-refractivity contribution in [2.75, 3.05) is 40.3 Å². The van der Waals surface area contributed by atoms with Crippen LogP contribution in [0, 0.1) is 0 Å². The van der Waals surface area contributed by atoms with Crippen LogP contribution in [0.1, 0.15) is 5.69 Å². The molecule has 1 aliphatic heterocycles. The van der Waals surface area contributed by atoms with Crippen LogP contribution >= 0.6 is 0 Å². The Morgan fingerprint density at radius 3 is 3.05 bits per heavy atom. The number of morpholine rings is 1.